The van der Waals surface area contributed by atoms with E-state index in [9.17, 15) is 0 Å². The molecule has 1 atom stereocenters. The molecule has 1 aliphatic heterocycles. The first-order valence-electron chi connectivity index (χ1n) is 7.34. The molecule has 0 amide bonds. The van der Waals surface area contributed by atoms with Gasteiger partial charge in [-0.05, 0) is 29.9 Å². The zero-order chi connectivity index (χ0) is 12.8. The minimum absolute atomic E-state index is 0.593. The van der Waals surface area contributed by atoms with Gasteiger partial charge in [0.2, 0.25) is 0 Å². The Morgan fingerprint density at radius 1 is 1.39 bits per heavy atom. The monoisotopic (exact) mass is 266 g/mol. The Hall–Kier alpha value is -0.380. The van der Waals surface area contributed by atoms with E-state index in [0.717, 1.165) is 13.1 Å². The molecular formula is C15H26N2S. The summed E-state index contributed by atoms with van der Waals surface area (Å²) in [6, 6.07) is 2.88. The lowest BCUT2D eigenvalue weighted by atomic mass is 10.0. The fourth-order valence-electron chi connectivity index (χ4n) is 2.84. The molecule has 0 bridgehead atoms. The SMILES string of the molecule is CCCCCCC(CN)N1CCc2sccc2C1. The Kier molecular flexibility index (Phi) is 5.67. The zero-order valence-corrected chi connectivity index (χ0v) is 12.3. The molecule has 1 aliphatic rings. The average molecular weight is 266 g/mol. The normalized spacial score (nSPS) is 17.7. The van der Waals surface area contributed by atoms with Gasteiger partial charge in [-0.1, -0.05) is 32.6 Å². The van der Waals surface area contributed by atoms with Gasteiger partial charge in [-0.15, -0.1) is 11.3 Å². The largest absolute Gasteiger partial charge is 0.329 e. The van der Waals surface area contributed by atoms with Crippen molar-refractivity contribution < 1.29 is 0 Å². The molecule has 2 heterocycles. The molecule has 1 unspecified atom stereocenters. The predicted molar refractivity (Wildman–Crippen MR) is 80.0 cm³/mol. The Bertz CT molecular complexity index is 348. The van der Waals surface area contributed by atoms with Crippen molar-refractivity contribution in [2.24, 2.45) is 5.73 Å². The summed E-state index contributed by atoms with van der Waals surface area (Å²) >= 11 is 1.91. The first-order valence-corrected chi connectivity index (χ1v) is 8.22. The smallest absolute Gasteiger partial charge is 0.0248 e. The topological polar surface area (TPSA) is 29.3 Å². The van der Waals surface area contributed by atoms with Gasteiger partial charge in [0.05, 0.1) is 0 Å². The molecule has 0 saturated heterocycles. The second kappa shape index (κ2) is 7.27. The number of fused-ring (bicyclic) bond motifs is 1. The van der Waals surface area contributed by atoms with Crippen LogP contribution in [0.3, 0.4) is 0 Å². The van der Waals surface area contributed by atoms with Gasteiger partial charge in [-0.3, -0.25) is 4.90 Å². The van der Waals surface area contributed by atoms with Crippen LogP contribution in [0.15, 0.2) is 11.4 Å². The van der Waals surface area contributed by atoms with E-state index in [2.05, 4.69) is 23.3 Å². The molecule has 2 nitrogen and oxygen atoms in total. The molecule has 0 saturated carbocycles. The third-order valence-electron chi connectivity index (χ3n) is 4.02. The summed E-state index contributed by atoms with van der Waals surface area (Å²) < 4.78 is 0. The van der Waals surface area contributed by atoms with Gasteiger partial charge in [-0.25, -0.2) is 0 Å². The number of nitrogens with zero attached hydrogens (tertiary/aromatic N) is 1. The zero-order valence-electron chi connectivity index (χ0n) is 11.5. The molecular weight excluding hydrogens is 240 g/mol. The maximum atomic E-state index is 5.97. The highest BCUT2D eigenvalue weighted by Crippen LogP contribution is 2.26. The van der Waals surface area contributed by atoms with Crippen molar-refractivity contribution in [3.05, 3.63) is 21.9 Å². The van der Waals surface area contributed by atoms with Crippen molar-refractivity contribution in [3.63, 3.8) is 0 Å². The van der Waals surface area contributed by atoms with E-state index >= 15 is 0 Å². The van der Waals surface area contributed by atoms with Crippen molar-refractivity contribution in [2.75, 3.05) is 13.1 Å². The summed E-state index contributed by atoms with van der Waals surface area (Å²) in [6.45, 7) is 5.40. The van der Waals surface area contributed by atoms with Crippen LogP contribution in [0.2, 0.25) is 0 Å². The maximum absolute atomic E-state index is 5.97. The van der Waals surface area contributed by atoms with Gasteiger partial charge in [0.15, 0.2) is 0 Å². The van der Waals surface area contributed by atoms with E-state index in [-0.39, 0.29) is 0 Å². The molecule has 0 spiro atoms. The molecule has 102 valence electrons. The van der Waals surface area contributed by atoms with Crippen LogP contribution >= 0.6 is 11.3 Å². The van der Waals surface area contributed by atoms with Crippen LogP contribution < -0.4 is 5.73 Å². The molecule has 2 rings (SSSR count). The van der Waals surface area contributed by atoms with E-state index in [4.69, 9.17) is 5.73 Å². The van der Waals surface area contributed by atoms with Crippen LogP contribution in [0, 0.1) is 0 Å². The van der Waals surface area contributed by atoms with Gasteiger partial charge in [0.1, 0.15) is 0 Å². The van der Waals surface area contributed by atoms with Crippen LogP contribution in [0.4, 0.5) is 0 Å². The second-order valence-electron chi connectivity index (χ2n) is 5.33. The van der Waals surface area contributed by atoms with Crippen LogP contribution in [0.1, 0.15) is 49.5 Å². The van der Waals surface area contributed by atoms with Gasteiger partial charge in [0, 0.05) is 30.6 Å². The number of unbranched alkanes of at least 4 members (excludes halogenated alkanes) is 3. The summed E-state index contributed by atoms with van der Waals surface area (Å²) in [7, 11) is 0. The van der Waals surface area contributed by atoms with E-state index < -0.39 is 0 Å². The van der Waals surface area contributed by atoms with Crippen molar-refractivity contribution >= 4 is 11.3 Å². The number of nitrogens with two attached hydrogens (primary N) is 1. The van der Waals surface area contributed by atoms with E-state index in [0.29, 0.717) is 6.04 Å². The number of hydrogen-bond acceptors (Lipinski definition) is 3. The summed E-state index contributed by atoms with van der Waals surface area (Å²) in [4.78, 5) is 4.19. The van der Waals surface area contributed by atoms with Crippen LogP contribution in [0.5, 0.6) is 0 Å². The van der Waals surface area contributed by atoms with Crippen LogP contribution in [0.25, 0.3) is 0 Å². The summed E-state index contributed by atoms with van der Waals surface area (Å²) in [5.41, 5.74) is 7.51. The summed E-state index contributed by atoms with van der Waals surface area (Å²) in [5.74, 6) is 0. The molecule has 0 aromatic carbocycles. The molecule has 1 aromatic rings. The van der Waals surface area contributed by atoms with Crippen LogP contribution in [-0.4, -0.2) is 24.0 Å². The molecule has 0 aliphatic carbocycles. The average Bonchev–Trinajstić information content (AvgIpc) is 2.86. The van der Waals surface area contributed by atoms with Gasteiger partial charge >= 0.3 is 0 Å². The Morgan fingerprint density at radius 3 is 3.06 bits per heavy atom. The van der Waals surface area contributed by atoms with E-state index in [1.807, 2.05) is 11.3 Å². The number of hydrogen-bond donors (Lipinski definition) is 1. The number of rotatable bonds is 7. The lowest BCUT2D eigenvalue weighted by Crippen LogP contribution is -2.43. The second-order valence-corrected chi connectivity index (χ2v) is 6.33. The fraction of sp³-hybridized carbons (Fsp3) is 0.733. The van der Waals surface area contributed by atoms with Crippen molar-refractivity contribution in [1.82, 2.24) is 4.90 Å². The van der Waals surface area contributed by atoms with Crippen LogP contribution in [-0.2, 0) is 13.0 Å². The first kappa shape index (κ1) is 14.0. The minimum atomic E-state index is 0.593. The fourth-order valence-corrected chi connectivity index (χ4v) is 3.73. The highest BCUT2D eigenvalue weighted by atomic mass is 32.1. The third-order valence-corrected chi connectivity index (χ3v) is 5.04. The van der Waals surface area contributed by atoms with Crippen molar-refractivity contribution in [2.45, 2.75) is 58.0 Å². The first-order chi connectivity index (χ1) is 8.85. The van der Waals surface area contributed by atoms with Crippen molar-refractivity contribution in [3.8, 4) is 0 Å². The Labute approximate surface area is 115 Å². The lowest BCUT2D eigenvalue weighted by molar-refractivity contribution is 0.172. The molecule has 1 aromatic heterocycles. The summed E-state index contributed by atoms with van der Waals surface area (Å²) in [6.07, 6.45) is 7.88. The lowest BCUT2D eigenvalue weighted by Gasteiger charge is -2.34. The highest BCUT2D eigenvalue weighted by molar-refractivity contribution is 7.10. The minimum Gasteiger partial charge on any atom is -0.329 e. The Morgan fingerprint density at radius 2 is 2.28 bits per heavy atom. The van der Waals surface area contributed by atoms with Gasteiger partial charge in [0.25, 0.3) is 0 Å². The predicted octanol–water partition coefficient (Wildman–Crippen LogP) is 3.40. The van der Waals surface area contributed by atoms with Gasteiger partial charge in [-0.2, -0.15) is 0 Å². The number of thiophene rings is 1. The molecule has 0 fully saturated rings. The quantitative estimate of drug-likeness (QED) is 0.766. The summed E-state index contributed by atoms with van der Waals surface area (Å²) in [5, 5.41) is 2.23. The Balaban J connectivity index is 1.82. The van der Waals surface area contributed by atoms with Crippen molar-refractivity contribution in [1.29, 1.82) is 0 Å². The molecule has 3 heteroatoms. The van der Waals surface area contributed by atoms with E-state index in [1.165, 1.54) is 45.1 Å². The highest BCUT2D eigenvalue weighted by Gasteiger charge is 2.22. The third kappa shape index (κ3) is 3.56. The molecule has 18 heavy (non-hydrogen) atoms. The van der Waals surface area contributed by atoms with E-state index in [1.54, 1.807) is 10.4 Å². The standard InChI is InChI=1S/C15H26N2S/c1-2-3-4-5-6-14(11-16)17-9-7-15-13(12-17)8-10-18-15/h8,10,14H,2-7,9,11-12,16H2,1H3. The molecule has 0 radical (unpaired) electrons. The maximum Gasteiger partial charge on any atom is 0.0248 e. The van der Waals surface area contributed by atoms with Gasteiger partial charge < -0.3 is 5.73 Å². The molecule has 2 N–H and O–H groups in total.